The number of carbonyl (C=O) groups is 1. The molecule has 23 heavy (non-hydrogen) atoms. The molecule has 0 spiro atoms. The fraction of sp³-hybridized carbons (Fsp3) is 0.529. The first-order valence-electron chi connectivity index (χ1n) is 8.28. The summed E-state index contributed by atoms with van der Waals surface area (Å²) in [5.74, 6) is 0.796. The highest BCUT2D eigenvalue weighted by molar-refractivity contribution is 5.80. The minimum absolute atomic E-state index is 0.0209. The second kappa shape index (κ2) is 9.02. The summed E-state index contributed by atoms with van der Waals surface area (Å²) in [4.78, 5) is 17.8. The highest BCUT2D eigenvalue weighted by Gasteiger charge is 2.23. The third-order valence-corrected chi connectivity index (χ3v) is 3.75. The molecule has 6 nitrogen and oxygen atoms in total. The zero-order valence-electron chi connectivity index (χ0n) is 14.0. The Bertz CT molecular complexity index is 517. The molecule has 1 amide bonds. The largest absolute Gasteiger partial charge is 0.369 e. The molecule has 1 saturated heterocycles. The van der Waals surface area contributed by atoms with Crippen LogP contribution in [0.25, 0.3) is 0 Å². The molecule has 1 aliphatic heterocycles. The van der Waals surface area contributed by atoms with E-state index in [9.17, 15) is 4.79 Å². The van der Waals surface area contributed by atoms with Crippen molar-refractivity contribution in [2.45, 2.75) is 26.3 Å². The van der Waals surface area contributed by atoms with Gasteiger partial charge in [-0.05, 0) is 25.5 Å². The predicted molar refractivity (Wildman–Crippen MR) is 94.9 cm³/mol. The summed E-state index contributed by atoms with van der Waals surface area (Å²) in [5.41, 5.74) is 1.27. The Morgan fingerprint density at radius 2 is 2.09 bits per heavy atom. The number of benzene rings is 1. The summed E-state index contributed by atoms with van der Waals surface area (Å²) in [6, 6.07) is 10.9. The molecule has 1 heterocycles. The first kappa shape index (κ1) is 17.1. The van der Waals surface area contributed by atoms with Crippen LogP contribution in [0.2, 0.25) is 0 Å². The van der Waals surface area contributed by atoms with E-state index in [0.29, 0.717) is 19.1 Å². The molecule has 126 valence electrons. The lowest BCUT2D eigenvalue weighted by Gasteiger charge is -2.20. The maximum absolute atomic E-state index is 10.9. The van der Waals surface area contributed by atoms with Crippen LogP contribution in [0.15, 0.2) is 35.3 Å². The van der Waals surface area contributed by atoms with Gasteiger partial charge in [-0.3, -0.25) is 9.79 Å². The number of carbonyl (C=O) groups excluding carboxylic acids is 1. The summed E-state index contributed by atoms with van der Waals surface area (Å²) < 4.78 is 0. The molecule has 1 aromatic carbocycles. The smallest absolute Gasteiger partial charge is 0.216 e. The van der Waals surface area contributed by atoms with Crippen molar-refractivity contribution in [3.8, 4) is 0 Å². The highest BCUT2D eigenvalue weighted by atomic mass is 16.1. The summed E-state index contributed by atoms with van der Waals surface area (Å²) in [7, 11) is 0. The lowest BCUT2D eigenvalue weighted by molar-refractivity contribution is -0.118. The molecule has 6 heteroatoms. The van der Waals surface area contributed by atoms with Crippen LogP contribution in [0, 0.1) is 0 Å². The van der Waals surface area contributed by atoms with Gasteiger partial charge in [0.1, 0.15) is 0 Å². The highest BCUT2D eigenvalue weighted by Crippen LogP contribution is 2.19. The second-order valence-electron chi connectivity index (χ2n) is 5.66. The van der Waals surface area contributed by atoms with Crippen LogP contribution in [0.1, 0.15) is 20.3 Å². The first-order valence-corrected chi connectivity index (χ1v) is 8.28. The van der Waals surface area contributed by atoms with Gasteiger partial charge in [-0.2, -0.15) is 0 Å². The zero-order chi connectivity index (χ0) is 16.5. The Balaban J connectivity index is 1.83. The van der Waals surface area contributed by atoms with E-state index in [1.54, 1.807) is 0 Å². The Morgan fingerprint density at radius 1 is 1.30 bits per heavy atom. The number of rotatable bonds is 6. The summed E-state index contributed by atoms with van der Waals surface area (Å²) in [6.07, 6.45) is 1.09. The molecule has 1 aromatic rings. The van der Waals surface area contributed by atoms with Crippen LogP contribution in [-0.2, 0) is 4.79 Å². The topological polar surface area (TPSA) is 68.8 Å². The maximum Gasteiger partial charge on any atom is 0.216 e. The molecule has 2 rings (SSSR count). The molecule has 1 fully saturated rings. The van der Waals surface area contributed by atoms with Gasteiger partial charge in [-0.1, -0.05) is 18.2 Å². The van der Waals surface area contributed by atoms with Crippen LogP contribution < -0.4 is 20.9 Å². The van der Waals surface area contributed by atoms with Crippen molar-refractivity contribution < 1.29 is 4.79 Å². The lowest BCUT2D eigenvalue weighted by Crippen LogP contribution is -2.45. The standard InChI is InChI=1S/C17H27N5O/c1-3-18-17(20-11-10-19-14(2)23)21-15-9-12-22(13-15)16-7-5-4-6-8-16/h4-8,15H,3,9-13H2,1-2H3,(H,19,23)(H2,18,20,21). The van der Waals surface area contributed by atoms with E-state index in [1.807, 2.05) is 6.07 Å². The Hall–Kier alpha value is -2.24. The van der Waals surface area contributed by atoms with Gasteiger partial charge in [-0.15, -0.1) is 0 Å². The number of nitrogens with one attached hydrogen (secondary N) is 3. The average Bonchev–Trinajstić information content (AvgIpc) is 3.01. The van der Waals surface area contributed by atoms with Gasteiger partial charge in [0.05, 0.1) is 6.54 Å². The van der Waals surface area contributed by atoms with E-state index < -0.39 is 0 Å². The minimum atomic E-state index is -0.0209. The second-order valence-corrected chi connectivity index (χ2v) is 5.66. The quantitative estimate of drug-likeness (QED) is 0.415. The number of nitrogens with zero attached hydrogens (tertiary/aromatic N) is 2. The predicted octanol–water partition coefficient (Wildman–Crippen LogP) is 0.957. The third-order valence-electron chi connectivity index (χ3n) is 3.75. The van der Waals surface area contributed by atoms with E-state index in [2.05, 4.69) is 57.0 Å². The van der Waals surface area contributed by atoms with Gasteiger partial charge in [0.2, 0.25) is 5.91 Å². The lowest BCUT2D eigenvalue weighted by atomic mass is 10.3. The Kier molecular flexibility index (Phi) is 6.72. The van der Waals surface area contributed by atoms with Crippen molar-refractivity contribution in [3.63, 3.8) is 0 Å². The number of anilines is 1. The van der Waals surface area contributed by atoms with Crippen LogP contribution in [0.3, 0.4) is 0 Å². The van der Waals surface area contributed by atoms with Gasteiger partial charge < -0.3 is 20.9 Å². The third kappa shape index (κ3) is 5.81. The number of aliphatic imine (C=N–C) groups is 1. The normalized spacial score (nSPS) is 17.9. The number of amides is 1. The molecule has 0 bridgehead atoms. The summed E-state index contributed by atoms with van der Waals surface area (Å²) in [6.45, 7) is 7.55. The van der Waals surface area contributed by atoms with Crippen LogP contribution >= 0.6 is 0 Å². The molecule has 0 aromatic heterocycles. The van der Waals surface area contributed by atoms with Gasteiger partial charge >= 0.3 is 0 Å². The van der Waals surface area contributed by atoms with Crippen molar-refractivity contribution in [2.75, 3.05) is 37.6 Å². The SMILES string of the molecule is CCNC(=NCCNC(C)=O)NC1CCN(c2ccccc2)C1. The van der Waals surface area contributed by atoms with E-state index >= 15 is 0 Å². The van der Waals surface area contributed by atoms with E-state index in [4.69, 9.17) is 0 Å². The molecule has 1 aliphatic rings. The molecule has 3 N–H and O–H groups in total. The van der Waals surface area contributed by atoms with Crippen molar-refractivity contribution in [1.29, 1.82) is 0 Å². The van der Waals surface area contributed by atoms with Crippen molar-refractivity contribution in [2.24, 2.45) is 4.99 Å². The van der Waals surface area contributed by atoms with E-state index in [-0.39, 0.29) is 5.91 Å². The molecule has 1 atom stereocenters. The van der Waals surface area contributed by atoms with Gasteiger partial charge in [0.15, 0.2) is 5.96 Å². The van der Waals surface area contributed by atoms with Crippen LogP contribution in [0.4, 0.5) is 5.69 Å². The summed E-state index contributed by atoms with van der Waals surface area (Å²) in [5, 5.41) is 9.50. The average molecular weight is 317 g/mol. The number of guanidine groups is 1. The van der Waals surface area contributed by atoms with E-state index in [1.165, 1.54) is 12.6 Å². The molecular formula is C17H27N5O. The number of hydrogen-bond acceptors (Lipinski definition) is 3. The molecule has 0 radical (unpaired) electrons. The monoisotopic (exact) mass is 317 g/mol. The van der Waals surface area contributed by atoms with Gasteiger partial charge in [0.25, 0.3) is 0 Å². The molecular weight excluding hydrogens is 290 g/mol. The van der Waals surface area contributed by atoms with Gasteiger partial charge in [-0.25, -0.2) is 0 Å². The van der Waals surface area contributed by atoms with Crippen molar-refractivity contribution in [3.05, 3.63) is 30.3 Å². The Morgan fingerprint density at radius 3 is 2.78 bits per heavy atom. The zero-order valence-corrected chi connectivity index (χ0v) is 14.0. The number of para-hydroxylation sites is 1. The molecule has 0 aliphatic carbocycles. The Labute approximate surface area is 138 Å². The fourth-order valence-electron chi connectivity index (χ4n) is 2.66. The van der Waals surface area contributed by atoms with E-state index in [0.717, 1.165) is 32.0 Å². The van der Waals surface area contributed by atoms with Gasteiger partial charge in [0, 0.05) is 44.8 Å². The van der Waals surface area contributed by atoms with Crippen molar-refractivity contribution in [1.82, 2.24) is 16.0 Å². The van der Waals surface area contributed by atoms with Crippen LogP contribution in [0.5, 0.6) is 0 Å². The van der Waals surface area contributed by atoms with Crippen molar-refractivity contribution >= 4 is 17.6 Å². The van der Waals surface area contributed by atoms with Crippen LogP contribution in [-0.4, -0.2) is 50.6 Å². The molecule has 0 saturated carbocycles. The summed E-state index contributed by atoms with van der Waals surface area (Å²) >= 11 is 0. The number of hydrogen-bond donors (Lipinski definition) is 3. The minimum Gasteiger partial charge on any atom is -0.369 e. The maximum atomic E-state index is 10.9. The fourth-order valence-corrected chi connectivity index (χ4v) is 2.66. The molecule has 1 unspecified atom stereocenters. The first-order chi connectivity index (χ1) is 11.2.